The topological polar surface area (TPSA) is 58.6 Å². The van der Waals surface area contributed by atoms with E-state index >= 15 is 0 Å². The summed E-state index contributed by atoms with van der Waals surface area (Å²) in [7, 11) is 0. The first-order valence-electron chi connectivity index (χ1n) is 6.24. The first kappa shape index (κ1) is 14.5. The molecule has 0 aliphatic carbocycles. The van der Waals surface area contributed by atoms with E-state index in [1.807, 2.05) is 32.9 Å². The van der Waals surface area contributed by atoms with Crippen molar-refractivity contribution in [3.8, 4) is 5.75 Å². The highest BCUT2D eigenvalue weighted by Gasteiger charge is 2.15. The zero-order valence-electron chi connectivity index (χ0n) is 11.1. The number of para-hydroxylation sites is 2. The lowest BCUT2D eigenvalue weighted by Gasteiger charge is -2.15. The lowest BCUT2D eigenvalue weighted by molar-refractivity contribution is -0.118. The zero-order chi connectivity index (χ0) is 13.5. The predicted octanol–water partition coefficient (Wildman–Crippen LogP) is 2.43. The van der Waals surface area contributed by atoms with Gasteiger partial charge < -0.3 is 15.2 Å². The van der Waals surface area contributed by atoms with Crippen LogP contribution in [-0.4, -0.2) is 23.7 Å². The fraction of sp³-hybridized carbons (Fsp3) is 0.500. The van der Waals surface area contributed by atoms with Gasteiger partial charge in [0.25, 0.3) is 0 Å². The molecule has 100 valence electrons. The van der Waals surface area contributed by atoms with Gasteiger partial charge in [-0.15, -0.1) is 0 Å². The van der Waals surface area contributed by atoms with Crippen LogP contribution >= 0.6 is 0 Å². The van der Waals surface area contributed by atoms with Crippen LogP contribution in [0, 0.1) is 5.92 Å². The molecule has 0 saturated heterocycles. The van der Waals surface area contributed by atoms with Gasteiger partial charge in [-0.25, -0.2) is 0 Å². The fourth-order valence-electron chi connectivity index (χ4n) is 1.48. The van der Waals surface area contributed by atoms with Gasteiger partial charge in [-0.2, -0.15) is 0 Å². The molecule has 1 amide bonds. The van der Waals surface area contributed by atoms with Crippen molar-refractivity contribution in [1.29, 1.82) is 0 Å². The van der Waals surface area contributed by atoms with Gasteiger partial charge in [0, 0.05) is 0 Å². The molecule has 1 aromatic carbocycles. The van der Waals surface area contributed by atoms with Gasteiger partial charge in [-0.1, -0.05) is 26.0 Å². The summed E-state index contributed by atoms with van der Waals surface area (Å²) in [6.45, 7) is 6.20. The second-order valence-corrected chi connectivity index (χ2v) is 4.49. The van der Waals surface area contributed by atoms with Crippen LogP contribution in [0.4, 0.5) is 5.69 Å². The summed E-state index contributed by atoms with van der Waals surface area (Å²) in [4.78, 5) is 11.8. The van der Waals surface area contributed by atoms with Crippen molar-refractivity contribution in [3.05, 3.63) is 24.3 Å². The molecule has 0 radical (unpaired) electrons. The number of benzene rings is 1. The van der Waals surface area contributed by atoms with E-state index in [0.29, 0.717) is 18.0 Å². The number of hydrogen-bond donors (Lipinski definition) is 2. The molecule has 1 rings (SSSR count). The van der Waals surface area contributed by atoms with E-state index in [9.17, 15) is 9.90 Å². The van der Waals surface area contributed by atoms with Crippen LogP contribution in [0.5, 0.6) is 5.75 Å². The van der Waals surface area contributed by atoms with Crippen molar-refractivity contribution in [2.45, 2.75) is 33.3 Å². The largest absolute Gasteiger partial charge is 0.492 e. The molecular weight excluding hydrogens is 230 g/mol. The molecule has 0 aromatic heterocycles. The number of carbonyl (C=O) groups excluding carboxylic acids is 1. The maximum absolute atomic E-state index is 11.8. The van der Waals surface area contributed by atoms with Crippen LogP contribution in [0.2, 0.25) is 0 Å². The van der Waals surface area contributed by atoms with E-state index in [1.54, 1.807) is 12.1 Å². The highest BCUT2D eigenvalue weighted by molar-refractivity contribution is 5.92. The Morgan fingerprint density at radius 1 is 1.39 bits per heavy atom. The summed E-state index contributed by atoms with van der Waals surface area (Å²) in [5, 5.41) is 12.4. The molecule has 18 heavy (non-hydrogen) atoms. The van der Waals surface area contributed by atoms with Gasteiger partial charge in [0.15, 0.2) is 0 Å². The van der Waals surface area contributed by atoms with Crippen molar-refractivity contribution in [2.24, 2.45) is 5.92 Å². The summed E-state index contributed by atoms with van der Waals surface area (Å²) in [5.74, 6) is 0.508. The predicted molar refractivity (Wildman–Crippen MR) is 71.7 cm³/mol. The van der Waals surface area contributed by atoms with Gasteiger partial charge >= 0.3 is 0 Å². The van der Waals surface area contributed by atoms with Gasteiger partial charge in [0.1, 0.15) is 5.75 Å². The molecular formula is C14H21NO3. The van der Waals surface area contributed by atoms with Crippen molar-refractivity contribution >= 4 is 11.6 Å². The number of amides is 1. The number of carbonyl (C=O) groups is 1. The number of nitrogens with one attached hydrogen (secondary N) is 1. The minimum absolute atomic E-state index is 0.0675. The van der Waals surface area contributed by atoms with Crippen molar-refractivity contribution in [2.75, 3.05) is 11.9 Å². The summed E-state index contributed by atoms with van der Waals surface area (Å²) >= 11 is 0. The van der Waals surface area contributed by atoms with Gasteiger partial charge in [0.05, 0.1) is 24.8 Å². The third-order valence-electron chi connectivity index (χ3n) is 2.63. The first-order valence-corrected chi connectivity index (χ1v) is 6.24. The molecule has 2 N–H and O–H groups in total. The van der Waals surface area contributed by atoms with E-state index in [4.69, 9.17) is 4.74 Å². The second kappa shape index (κ2) is 7.01. The van der Waals surface area contributed by atoms with Crippen LogP contribution in [0.15, 0.2) is 24.3 Å². The molecule has 0 aliphatic rings. The number of rotatable bonds is 6. The van der Waals surface area contributed by atoms with E-state index in [2.05, 4.69) is 5.32 Å². The van der Waals surface area contributed by atoms with Crippen LogP contribution in [-0.2, 0) is 4.79 Å². The minimum Gasteiger partial charge on any atom is -0.492 e. The number of aliphatic hydroxyl groups excluding tert-OH is 1. The maximum atomic E-state index is 11.8. The van der Waals surface area contributed by atoms with E-state index < -0.39 is 6.10 Å². The van der Waals surface area contributed by atoms with E-state index in [-0.39, 0.29) is 18.2 Å². The minimum atomic E-state index is -0.621. The number of aliphatic hydroxyl groups is 1. The molecule has 1 aromatic rings. The molecule has 4 nitrogen and oxygen atoms in total. The Morgan fingerprint density at radius 2 is 2.06 bits per heavy atom. The SMILES string of the molecule is CCOc1ccccc1NC(=O)CC(O)C(C)C. The highest BCUT2D eigenvalue weighted by atomic mass is 16.5. The Morgan fingerprint density at radius 3 is 2.67 bits per heavy atom. The van der Waals surface area contributed by atoms with Crippen molar-refractivity contribution in [3.63, 3.8) is 0 Å². The van der Waals surface area contributed by atoms with Crippen molar-refractivity contribution < 1.29 is 14.6 Å². The standard InChI is InChI=1S/C14H21NO3/c1-4-18-13-8-6-5-7-11(13)15-14(17)9-12(16)10(2)3/h5-8,10,12,16H,4,9H2,1-3H3,(H,15,17). The second-order valence-electron chi connectivity index (χ2n) is 4.49. The first-order chi connectivity index (χ1) is 8.54. The van der Waals surface area contributed by atoms with E-state index in [0.717, 1.165) is 0 Å². The Hall–Kier alpha value is -1.55. The fourth-order valence-corrected chi connectivity index (χ4v) is 1.48. The monoisotopic (exact) mass is 251 g/mol. The summed E-state index contributed by atoms with van der Waals surface area (Å²) in [5.41, 5.74) is 0.639. The number of anilines is 1. The molecule has 4 heteroatoms. The summed E-state index contributed by atoms with van der Waals surface area (Å²) < 4.78 is 5.41. The summed E-state index contributed by atoms with van der Waals surface area (Å²) in [6.07, 6.45) is -0.526. The third kappa shape index (κ3) is 4.37. The smallest absolute Gasteiger partial charge is 0.227 e. The average Bonchev–Trinajstić information content (AvgIpc) is 2.31. The Kier molecular flexibility index (Phi) is 5.65. The quantitative estimate of drug-likeness (QED) is 0.816. The van der Waals surface area contributed by atoms with Crippen LogP contribution in [0.1, 0.15) is 27.2 Å². The Bertz CT molecular complexity index is 390. The third-order valence-corrected chi connectivity index (χ3v) is 2.63. The van der Waals surface area contributed by atoms with Gasteiger partial charge in [0.2, 0.25) is 5.91 Å². The highest BCUT2D eigenvalue weighted by Crippen LogP contribution is 2.24. The molecule has 0 saturated carbocycles. The van der Waals surface area contributed by atoms with Crippen LogP contribution < -0.4 is 10.1 Å². The van der Waals surface area contributed by atoms with Crippen molar-refractivity contribution in [1.82, 2.24) is 0 Å². The van der Waals surface area contributed by atoms with E-state index in [1.165, 1.54) is 0 Å². The molecule has 1 unspecified atom stereocenters. The molecule has 0 fully saturated rings. The van der Waals surface area contributed by atoms with Gasteiger partial charge in [-0.3, -0.25) is 4.79 Å². The normalized spacial score (nSPS) is 12.3. The molecule has 0 heterocycles. The molecule has 0 spiro atoms. The lowest BCUT2D eigenvalue weighted by atomic mass is 10.0. The lowest BCUT2D eigenvalue weighted by Crippen LogP contribution is -2.23. The zero-order valence-corrected chi connectivity index (χ0v) is 11.1. The van der Waals surface area contributed by atoms with Gasteiger partial charge in [-0.05, 0) is 25.0 Å². The maximum Gasteiger partial charge on any atom is 0.227 e. The summed E-state index contributed by atoms with van der Waals surface area (Å²) in [6, 6.07) is 7.27. The number of hydrogen-bond acceptors (Lipinski definition) is 3. The van der Waals surface area contributed by atoms with Crippen LogP contribution in [0.3, 0.4) is 0 Å². The molecule has 0 aliphatic heterocycles. The number of ether oxygens (including phenoxy) is 1. The molecule has 0 bridgehead atoms. The molecule has 1 atom stereocenters. The average molecular weight is 251 g/mol. The Balaban J connectivity index is 2.64. The van der Waals surface area contributed by atoms with Crippen LogP contribution in [0.25, 0.3) is 0 Å². The Labute approximate surface area is 108 Å².